The molecule has 33 heavy (non-hydrogen) atoms. The van der Waals surface area contributed by atoms with Crippen LogP contribution in [0.3, 0.4) is 0 Å². The predicted molar refractivity (Wildman–Crippen MR) is 127 cm³/mol. The van der Waals surface area contributed by atoms with Crippen molar-refractivity contribution in [1.29, 1.82) is 0 Å². The molecule has 8 heteroatoms. The molecular formula is C25H26ClFN2O3S. The van der Waals surface area contributed by atoms with Crippen LogP contribution in [-0.4, -0.2) is 36.0 Å². The molecular weight excluding hydrogens is 463 g/mol. The number of hydrogen-bond acceptors (Lipinski definition) is 4. The third-order valence-corrected chi connectivity index (χ3v) is 6.95. The highest BCUT2D eigenvalue weighted by molar-refractivity contribution is 7.90. The maximum Gasteiger partial charge on any atom is 0.147 e. The Labute approximate surface area is 198 Å². The Bertz CT molecular complexity index is 1280. The minimum atomic E-state index is -3.16. The molecule has 3 aromatic rings. The first-order valence-corrected chi connectivity index (χ1v) is 13.4. The van der Waals surface area contributed by atoms with Gasteiger partial charge in [-0.05, 0) is 67.1 Å². The first-order chi connectivity index (χ1) is 15.7. The number of hydrogen-bond donors (Lipinski definition) is 0. The molecule has 1 aliphatic rings. The van der Waals surface area contributed by atoms with Gasteiger partial charge in [-0.1, -0.05) is 29.8 Å². The van der Waals surface area contributed by atoms with Crippen LogP contribution >= 0.6 is 11.6 Å². The number of rotatable bonds is 10. The highest BCUT2D eigenvalue weighted by Gasteiger charge is 2.27. The van der Waals surface area contributed by atoms with Crippen LogP contribution in [0.4, 0.5) is 4.39 Å². The second kappa shape index (κ2) is 9.77. The van der Waals surface area contributed by atoms with Gasteiger partial charge in [0.15, 0.2) is 0 Å². The van der Waals surface area contributed by atoms with E-state index in [1.807, 2.05) is 28.9 Å². The summed E-state index contributed by atoms with van der Waals surface area (Å²) in [4.78, 5) is 12.6. The van der Waals surface area contributed by atoms with Crippen LogP contribution < -0.4 is 0 Å². The molecule has 4 rings (SSSR count). The highest BCUT2D eigenvalue weighted by atomic mass is 35.5. The van der Waals surface area contributed by atoms with Crippen molar-refractivity contribution >= 4 is 27.2 Å². The molecule has 1 saturated carbocycles. The van der Waals surface area contributed by atoms with Crippen molar-refractivity contribution in [2.75, 3.05) is 12.0 Å². The van der Waals surface area contributed by atoms with E-state index in [4.69, 9.17) is 16.7 Å². The summed E-state index contributed by atoms with van der Waals surface area (Å²) in [5.41, 5.74) is 3.79. The first-order valence-electron chi connectivity index (χ1n) is 11.0. The summed E-state index contributed by atoms with van der Waals surface area (Å²) in [7, 11) is -3.16. The minimum Gasteiger partial charge on any atom is -0.299 e. The largest absolute Gasteiger partial charge is 0.299 e. The third-order valence-electron chi connectivity index (χ3n) is 5.77. The van der Waals surface area contributed by atoms with Crippen molar-refractivity contribution in [3.63, 3.8) is 0 Å². The van der Waals surface area contributed by atoms with Gasteiger partial charge in [0.1, 0.15) is 21.4 Å². The van der Waals surface area contributed by atoms with Crippen molar-refractivity contribution in [2.24, 2.45) is 0 Å². The Kier molecular flexibility index (Phi) is 7.00. The second-order valence-electron chi connectivity index (χ2n) is 8.75. The van der Waals surface area contributed by atoms with Crippen LogP contribution in [0.1, 0.15) is 47.7 Å². The van der Waals surface area contributed by atoms with Gasteiger partial charge >= 0.3 is 0 Å². The molecule has 0 atom stereocenters. The smallest absolute Gasteiger partial charge is 0.147 e. The van der Waals surface area contributed by atoms with Crippen LogP contribution in [-0.2, 0) is 33.9 Å². The van der Waals surface area contributed by atoms with Gasteiger partial charge in [-0.2, -0.15) is 5.10 Å². The zero-order valence-corrected chi connectivity index (χ0v) is 20.0. The summed E-state index contributed by atoms with van der Waals surface area (Å²) in [5.74, 6) is -0.0861. The van der Waals surface area contributed by atoms with Crippen LogP contribution in [0.2, 0.25) is 5.02 Å². The summed E-state index contributed by atoms with van der Waals surface area (Å²) < 4.78 is 38.8. The number of ketones is 1. The summed E-state index contributed by atoms with van der Waals surface area (Å²) in [5, 5.41) is 5.38. The molecule has 0 N–H and O–H groups in total. The van der Waals surface area contributed by atoms with Crippen molar-refractivity contribution in [3.8, 4) is 5.69 Å². The van der Waals surface area contributed by atoms with E-state index in [1.54, 1.807) is 12.1 Å². The number of aryl methyl sites for hydroxylation is 2. The summed E-state index contributed by atoms with van der Waals surface area (Å²) >= 11 is 6.16. The SMILES string of the molecule is CS(=O)(=O)CCc1ccc(CC(=O)CCc2cc(C3CC3)nn2-c2cccc(Cl)c2)cc1F. The Morgan fingerprint density at radius 3 is 2.61 bits per heavy atom. The number of aromatic nitrogens is 2. The number of sulfone groups is 1. The fourth-order valence-electron chi connectivity index (χ4n) is 3.81. The molecule has 0 aliphatic heterocycles. The normalized spacial score (nSPS) is 13.9. The van der Waals surface area contributed by atoms with E-state index >= 15 is 0 Å². The topological polar surface area (TPSA) is 69.0 Å². The zero-order valence-electron chi connectivity index (χ0n) is 18.4. The van der Waals surface area contributed by atoms with E-state index in [9.17, 15) is 17.6 Å². The molecule has 174 valence electrons. The maximum absolute atomic E-state index is 14.4. The average Bonchev–Trinajstić information content (AvgIpc) is 3.50. The second-order valence-corrected chi connectivity index (χ2v) is 11.4. The van der Waals surface area contributed by atoms with E-state index in [1.165, 1.54) is 6.07 Å². The van der Waals surface area contributed by atoms with Crippen molar-refractivity contribution in [1.82, 2.24) is 9.78 Å². The van der Waals surface area contributed by atoms with E-state index in [2.05, 4.69) is 6.07 Å². The van der Waals surface area contributed by atoms with Crippen molar-refractivity contribution < 1.29 is 17.6 Å². The third kappa shape index (κ3) is 6.51. The maximum atomic E-state index is 14.4. The Balaban J connectivity index is 1.41. The lowest BCUT2D eigenvalue weighted by Crippen LogP contribution is -2.09. The van der Waals surface area contributed by atoms with Gasteiger partial charge in [0.25, 0.3) is 0 Å². The summed E-state index contributed by atoms with van der Waals surface area (Å²) in [6.07, 6.45) is 4.49. The predicted octanol–water partition coefficient (Wildman–Crippen LogP) is 4.87. The summed E-state index contributed by atoms with van der Waals surface area (Å²) in [6.45, 7) is 0. The van der Waals surface area contributed by atoms with Crippen LogP contribution in [0.5, 0.6) is 0 Å². The molecule has 1 heterocycles. The van der Waals surface area contributed by atoms with Gasteiger partial charge in [-0.15, -0.1) is 0 Å². The van der Waals surface area contributed by atoms with Gasteiger partial charge in [0, 0.05) is 35.7 Å². The number of Topliss-reactive ketones (excluding diaryl/α,β-unsaturated/α-hetero) is 1. The van der Waals surface area contributed by atoms with E-state index < -0.39 is 15.7 Å². The Morgan fingerprint density at radius 2 is 1.94 bits per heavy atom. The minimum absolute atomic E-state index is 0.00472. The lowest BCUT2D eigenvalue weighted by atomic mass is 10.0. The van der Waals surface area contributed by atoms with Crippen molar-refractivity contribution in [2.45, 2.75) is 44.4 Å². The lowest BCUT2D eigenvalue weighted by Gasteiger charge is -2.08. The molecule has 0 amide bonds. The fraction of sp³-hybridized carbons (Fsp3) is 0.360. The van der Waals surface area contributed by atoms with Crippen LogP contribution in [0, 0.1) is 5.82 Å². The van der Waals surface area contributed by atoms with Gasteiger partial charge < -0.3 is 0 Å². The lowest BCUT2D eigenvalue weighted by molar-refractivity contribution is -0.118. The van der Waals surface area contributed by atoms with Gasteiger partial charge in [0.05, 0.1) is 17.1 Å². The van der Waals surface area contributed by atoms with Gasteiger partial charge in [-0.3, -0.25) is 4.79 Å². The number of carbonyl (C=O) groups is 1. The average molecular weight is 489 g/mol. The van der Waals surface area contributed by atoms with E-state index in [0.29, 0.717) is 34.9 Å². The fourth-order valence-corrected chi connectivity index (χ4v) is 4.59. The molecule has 5 nitrogen and oxygen atoms in total. The monoisotopic (exact) mass is 488 g/mol. The van der Waals surface area contributed by atoms with Gasteiger partial charge in [0.2, 0.25) is 0 Å². The molecule has 0 spiro atoms. The van der Waals surface area contributed by atoms with Gasteiger partial charge in [-0.25, -0.2) is 17.5 Å². The molecule has 0 saturated heterocycles. The van der Waals surface area contributed by atoms with E-state index in [0.717, 1.165) is 36.2 Å². The van der Waals surface area contributed by atoms with Crippen LogP contribution in [0.15, 0.2) is 48.5 Å². The van der Waals surface area contributed by atoms with Crippen molar-refractivity contribution in [3.05, 3.63) is 81.9 Å². The molecule has 0 unspecified atom stereocenters. The first kappa shape index (κ1) is 23.6. The summed E-state index contributed by atoms with van der Waals surface area (Å²) in [6, 6.07) is 14.1. The molecule has 1 fully saturated rings. The number of nitrogens with zero attached hydrogens (tertiary/aromatic N) is 2. The standard InChI is InChI=1S/C25H26ClFN2O3S/c1-33(31,32)12-11-18-6-5-17(14-24(18)27)13-23(30)10-9-22-16-25(19-7-8-19)28-29(22)21-4-2-3-20(26)15-21/h2-6,14-16,19H,7-13H2,1H3. The van der Waals surface area contributed by atoms with Crippen LogP contribution in [0.25, 0.3) is 5.69 Å². The number of halogens is 2. The molecule has 0 bridgehead atoms. The molecule has 1 aliphatic carbocycles. The molecule has 2 aromatic carbocycles. The van der Waals surface area contributed by atoms with E-state index in [-0.39, 0.29) is 24.4 Å². The highest BCUT2D eigenvalue weighted by Crippen LogP contribution is 2.40. The zero-order chi connectivity index (χ0) is 23.6. The quantitative estimate of drug-likeness (QED) is 0.408. The Hall–Kier alpha value is -2.51. The Morgan fingerprint density at radius 1 is 1.15 bits per heavy atom. The number of carbonyl (C=O) groups excluding carboxylic acids is 1. The molecule has 0 radical (unpaired) electrons. The number of benzene rings is 2. The molecule has 1 aromatic heterocycles.